The van der Waals surface area contributed by atoms with Gasteiger partial charge in [0.2, 0.25) is 9.92 Å². The first-order valence-corrected chi connectivity index (χ1v) is 5.83. The highest BCUT2D eigenvalue weighted by Gasteiger charge is 2.49. The molecular weight excluding hydrogens is 290 g/mol. The van der Waals surface area contributed by atoms with E-state index in [9.17, 15) is 35.3 Å². The molecule has 108 valence electrons. The number of nitrogens with zero attached hydrogens (tertiary/aromatic N) is 1. The van der Waals surface area contributed by atoms with Crippen molar-refractivity contribution in [3.8, 4) is 0 Å². The van der Waals surface area contributed by atoms with Gasteiger partial charge in [0.05, 0.1) is 0 Å². The van der Waals surface area contributed by atoms with Crippen LogP contribution in [0, 0.1) is 0 Å². The second-order valence-electron chi connectivity index (χ2n) is 4.22. The van der Waals surface area contributed by atoms with Gasteiger partial charge in [-0.3, -0.25) is 4.79 Å². The molecule has 0 heterocycles. The Kier molecular flexibility index (Phi) is 4.46. The fourth-order valence-corrected chi connectivity index (χ4v) is 2.15. The maximum absolute atomic E-state index is 12.4. The van der Waals surface area contributed by atoms with Crippen LogP contribution >= 0.6 is 0 Å². The van der Waals surface area contributed by atoms with Gasteiger partial charge in [-0.25, -0.2) is 8.93 Å². The third-order valence-electron chi connectivity index (χ3n) is 1.21. The van der Waals surface area contributed by atoms with Crippen LogP contribution in [0.1, 0.15) is 20.8 Å². The van der Waals surface area contributed by atoms with Gasteiger partial charge in [-0.05, 0) is 20.8 Å². The zero-order valence-corrected chi connectivity index (χ0v) is 10.3. The van der Waals surface area contributed by atoms with Gasteiger partial charge in [0.25, 0.3) is 0 Å². The van der Waals surface area contributed by atoms with Crippen LogP contribution in [0.4, 0.5) is 26.3 Å². The molecular formula is C7H10F6N2O2S. The van der Waals surface area contributed by atoms with Crippen molar-refractivity contribution < 1.29 is 35.3 Å². The van der Waals surface area contributed by atoms with Gasteiger partial charge in [0, 0.05) is 5.54 Å². The maximum atomic E-state index is 12.4. The molecule has 18 heavy (non-hydrogen) atoms. The molecule has 0 saturated carbocycles. The van der Waals surface area contributed by atoms with Gasteiger partial charge in [0.1, 0.15) is 0 Å². The standard InChI is InChI=1S/C7H10F6N2O2S/c1-5(2,3)15-18(17,7(11,12)13)14-4(16)6(8,9)10/h1-3H3,(H,14,15,16,17). The monoisotopic (exact) mass is 300 g/mol. The first-order valence-electron chi connectivity index (χ1n) is 4.32. The number of alkyl halides is 6. The van der Waals surface area contributed by atoms with Crippen LogP contribution in [0.3, 0.4) is 0 Å². The number of nitrogens with one attached hydrogen (secondary N) is 1. The van der Waals surface area contributed by atoms with Gasteiger partial charge in [-0.2, -0.15) is 26.3 Å². The summed E-state index contributed by atoms with van der Waals surface area (Å²) in [6.45, 7) is 3.39. The van der Waals surface area contributed by atoms with Gasteiger partial charge in [0.15, 0.2) is 0 Å². The van der Waals surface area contributed by atoms with Crippen LogP contribution in [0.5, 0.6) is 0 Å². The van der Waals surface area contributed by atoms with Crippen molar-refractivity contribution in [2.45, 2.75) is 38.0 Å². The number of hydrogen-bond donors (Lipinski definition) is 1. The van der Waals surface area contributed by atoms with Crippen LogP contribution < -0.4 is 4.72 Å². The minimum atomic E-state index is -5.62. The summed E-state index contributed by atoms with van der Waals surface area (Å²) >= 11 is 0. The van der Waals surface area contributed by atoms with E-state index in [-0.39, 0.29) is 0 Å². The number of amides is 1. The highest BCUT2D eigenvalue weighted by atomic mass is 32.2. The summed E-state index contributed by atoms with van der Waals surface area (Å²) in [5.41, 5.74) is -7.07. The van der Waals surface area contributed by atoms with Crippen LogP contribution in [0.25, 0.3) is 0 Å². The van der Waals surface area contributed by atoms with E-state index in [0.29, 0.717) is 0 Å². The Hall–Kier alpha value is -0.840. The molecule has 1 atom stereocenters. The largest absolute Gasteiger partial charge is 0.493 e. The number of rotatable bonds is 1. The molecule has 0 saturated heterocycles. The summed E-state index contributed by atoms with van der Waals surface area (Å²) in [4.78, 5) is 10.4. The number of hydrogen-bond acceptors (Lipinski definition) is 2. The van der Waals surface area contributed by atoms with Crippen molar-refractivity contribution in [1.82, 2.24) is 4.72 Å². The molecule has 1 amide bonds. The molecule has 0 aromatic carbocycles. The van der Waals surface area contributed by atoms with E-state index in [2.05, 4.69) is 0 Å². The average Bonchev–Trinajstić information content (AvgIpc) is 1.95. The predicted molar refractivity (Wildman–Crippen MR) is 50.6 cm³/mol. The number of carbonyl (C=O) groups excluding carboxylic acids is 1. The summed E-state index contributed by atoms with van der Waals surface area (Å²) in [7, 11) is -5.54. The van der Waals surface area contributed by atoms with E-state index in [4.69, 9.17) is 0 Å². The van der Waals surface area contributed by atoms with Crippen molar-refractivity contribution >= 4 is 15.8 Å². The zero-order valence-electron chi connectivity index (χ0n) is 9.44. The lowest BCUT2D eigenvalue weighted by molar-refractivity contribution is -0.169. The maximum Gasteiger partial charge on any atom is 0.493 e. The first-order chi connectivity index (χ1) is 7.58. The molecule has 0 spiro atoms. The van der Waals surface area contributed by atoms with E-state index in [0.717, 1.165) is 20.8 Å². The molecule has 1 N–H and O–H groups in total. The molecule has 0 aliphatic carbocycles. The average molecular weight is 300 g/mol. The molecule has 0 radical (unpaired) electrons. The smallest absolute Gasteiger partial charge is 0.261 e. The second-order valence-corrected chi connectivity index (χ2v) is 6.12. The molecule has 11 heteroatoms. The lowest BCUT2D eigenvalue weighted by Crippen LogP contribution is -2.47. The van der Waals surface area contributed by atoms with Crippen molar-refractivity contribution in [3.05, 3.63) is 0 Å². The minimum absolute atomic E-state index is 1.13. The Bertz CT molecular complexity index is 438. The summed E-state index contributed by atoms with van der Waals surface area (Å²) in [6, 6.07) is 0. The zero-order chi connectivity index (χ0) is 15.0. The SMILES string of the molecule is CC(C)(C)NS(=O)(=NC(=O)C(F)(F)F)C(F)(F)F. The Labute approximate surface area is 99.0 Å². The summed E-state index contributed by atoms with van der Waals surface area (Å²) in [6.07, 6.45) is -5.62. The molecule has 0 rings (SSSR count). The highest BCUT2D eigenvalue weighted by molar-refractivity contribution is 7.92. The summed E-state index contributed by atoms with van der Waals surface area (Å²) < 4.78 is 87.3. The summed E-state index contributed by atoms with van der Waals surface area (Å²) in [5.74, 6) is -3.05. The van der Waals surface area contributed by atoms with E-state index in [1.165, 1.54) is 4.72 Å². The fraction of sp³-hybridized carbons (Fsp3) is 0.857. The Morgan fingerprint density at radius 2 is 1.44 bits per heavy atom. The van der Waals surface area contributed by atoms with E-state index < -0.39 is 33.0 Å². The Morgan fingerprint density at radius 3 is 1.67 bits per heavy atom. The molecule has 0 bridgehead atoms. The molecule has 4 nitrogen and oxygen atoms in total. The minimum Gasteiger partial charge on any atom is -0.261 e. The first kappa shape index (κ1) is 17.2. The predicted octanol–water partition coefficient (Wildman–Crippen LogP) is 2.37. The van der Waals surface area contributed by atoms with Crippen LogP contribution in [-0.2, 0) is 14.7 Å². The third-order valence-corrected chi connectivity index (χ3v) is 3.15. The van der Waals surface area contributed by atoms with Gasteiger partial charge >= 0.3 is 17.6 Å². The molecule has 0 aliphatic heterocycles. The number of carbonyl (C=O) groups is 1. The van der Waals surface area contributed by atoms with Crippen molar-refractivity contribution in [2.75, 3.05) is 0 Å². The van der Waals surface area contributed by atoms with E-state index in [1.807, 2.05) is 0 Å². The Balaban J connectivity index is 5.75. The van der Waals surface area contributed by atoms with Crippen LogP contribution in [-0.4, -0.2) is 27.3 Å². The molecule has 1 unspecified atom stereocenters. The Morgan fingerprint density at radius 1 is 1.06 bits per heavy atom. The normalized spacial score (nSPS) is 17.2. The molecule has 0 aromatic heterocycles. The second kappa shape index (κ2) is 4.68. The third kappa shape index (κ3) is 4.80. The topological polar surface area (TPSA) is 58.5 Å². The van der Waals surface area contributed by atoms with Gasteiger partial charge < -0.3 is 0 Å². The fourth-order valence-electron chi connectivity index (χ4n) is 0.716. The quantitative estimate of drug-likeness (QED) is 0.756. The number of halogens is 6. The molecule has 0 fully saturated rings. The lowest BCUT2D eigenvalue weighted by Gasteiger charge is -2.24. The molecule has 0 aliphatic rings. The van der Waals surface area contributed by atoms with E-state index >= 15 is 0 Å². The van der Waals surface area contributed by atoms with Gasteiger partial charge in [-0.15, -0.1) is 4.36 Å². The van der Waals surface area contributed by atoms with Crippen LogP contribution in [0.15, 0.2) is 4.36 Å². The van der Waals surface area contributed by atoms with Crippen molar-refractivity contribution in [1.29, 1.82) is 0 Å². The highest BCUT2D eigenvalue weighted by Crippen LogP contribution is 2.28. The van der Waals surface area contributed by atoms with Gasteiger partial charge in [-0.1, -0.05) is 0 Å². The summed E-state index contributed by atoms with van der Waals surface area (Å²) in [5, 5.41) is 0. The lowest BCUT2D eigenvalue weighted by atomic mass is 10.1. The molecule has 0 aromatic rings. The van der Waals surface area contributed by atoms with Crippen molar-refractivity contribution in [2.24, 2.45) is 4.36 Å². The van der Waals surface area contributed by atoms with Crippen molar-refractivity contribution in [3.63, 3.8) is 0 Å². The van der Waals surface area contributed by atoms with Crippen LogP contribution in [0.2, 0.25) is 0 Å². The van der Waals surface area contributed by atoms with E-state index in [1.54, 1.807) is 4.36 Å².